The zero-order valence-corrected chi connectivity index (χ0v) is 17.2. The van der Waals surface area contributed by atoms with Crippen LogP contribution in [0.15, 0.2) is 54.9 Å². The van der Waals surface area contributed by atoms with Gasteiger partial charge in [-0.15, -0.1) is 0 Å². The van der Waals surface area contributed by atoms with Crippen molar-refractivity contribution in [1.29, 1.82) is 0 Å². The summed E-state index contributed by atoms with van der Waals surface area (Å²) in [7, 11) is 0. The molecule has 3 aromatic heterocycles. The van der Waals surface area contributed by atoms with Gasteiger partial charge in [-0.3, -0.25) is 0 Å². The quantitative estimate of drug-likeness (QED) is 0.406. The number of fused-ring (bicyclic) bond motifs is 1. The van der Waals surface area contributed by atoms with Crippen LogP contribution in [0.2, 0.25) is 0 Å². The summed E-state index contributed by atoms with van der Waals surface area (Å²) in [6, 6.07) is 12.8. The Balaban J connectivity index is 1.35. The Hall–Kier alpha value is -4.47. The van der Waals surface area contributed by atoms with Crippen LogP contribution in [0.3, 0.4) is 0 Å². The van der Waals surface area contributed by atoms with Gasteiger partial charge in [0.25, 0.3) is 0 Å². The van der Waals surface area contributed by atoms with Gasteiger partial charge in [-0.05, 0) is 37.3 Å². The molecular formula is C22H20N8O2. The minimum Gasteiger partial charge on any atom is -0.486 e. The lowest BCUT2D eigenvalue weighted by atomic mass is 10.2. The van der Waals surface area contributed by atoms with Crippen LogP contribution in [0, 0.1) is 6.92 Å². The molecule has 1 aliphatic heterocycles. The number of nitrogen functional groups attached to an aromatic ring is 1. The molecule has 0 unspecified atom stereocenters. The van der Waals surface area contributed by atoms with Crippen LogP contribution in [-0.2, 0) is 0 Å². The van der Waals surface area contributed by atoms with Gasteiger partial charge in [0, 0.05) is 29.8 Å². The molecule has 10 heteroatoms. The van der Waals surface area contributed by atoms with E-state index in [1.165, 1.54) is 0 Å². The Morgan fingerprint density at radius 2 is 1.69 bits per heavy atom. The molecule has 0 saturated heterocycles. The molecule has 0 radical (unpaired) electrons. The summed E-state index contributed by atoms with van der Waals surface area (Å²) in [5.74, 6) is 3.21. The molecule has 0 amide bonds. The lowest BCUT2D eigenvalue weighted by Gasteiger charge is -2.20. The summed E-state index contributed by atoms with van der Waals surface area (Å²) in [5.41, 5.74) is 8.86. The number of ether oxygens (including phenoxy) is 2. The molecule has 4 aromatic rings. The summed E-state index contributed by atoms with van der Waals surface area (Å²) in [5, 5.41) is 6.32. The highest BCUT2D eigenvalue weighted by atomic mass is 16.6. The van der Waals surface area contributed by atoms with Crippen molar-refractivity contribution < 1.29 is 9.47 Å². The molecule has 160 valence electrons. The Morgan fingerprint density at radius 1 is 0.875 bits per heavy atom. The molecular weight excluding hydrogens is 408 g/mol. The van der Waals surface area contributed by atoms with Gasteiger partial charge < -0.3 is 25.8 Å². The van der Waals surface area contributed by atoms with E-state index >= 15 is 0 Å². The first-order chi connectivity index (χ1) is 15.6. The first-order valence-electron chi connectivity index (χ1n) is 9.97. The van der Waals surface area contributed by atoms with Gasteiger partial charge >= 0.3 is 0 Å². The molecule has 10 nitrogen and oxygen atoms in total. The predicted octanol–water partition coefficient (Wildman–Crippen LogP) is 3.48. The van der Waals surface area contributed by atoms with Crippen LogP contribution in [0.1, 0.15) is 5.69 Å². The molecule has 1 aromatic carbocycles. The predicted molar refractivity (Wildman–Crippen MR) is 120 cm³/mol. The lowest BCUT2D eigenvalue weighted by molar-refractivity contribution is 0.173. The summed E-state index contributed by atoms with van der Waals surface area (Å²) >= 11 is 0. The fourth-order valence-electron chi connectivity index (χ4n) is 3.22. The summed E-state index contributed by atoms with van der Waals surface area (Å²) < 4.78 is 11.2. The van der Waals surface area contributed by atoms with Gasteiger partial charge in [0.15, 0.2) is 17.3 Å². The summed E-state index contributed by atoms with van der Waals surface area (Å²) in [6.07, 6.45) is 3.32. The molecule has 0 saturated carbocycles. The maximum atomic E-state index is 6.08. The number of benzene rings is 1. The van der Waals surface area contributed by atoms with Gasteiger partial charge in [0.1, 0.15) is 30.5 Å². The van der Waals surface area contributed by atoms with E-state index in [2.05, 4.69) is 35.6 Å². The van der Waals surface area contributed by atoms with Crippen LogP contribution in [0.5, 0.6) is 11.5 Å². The Morgan fingerprint density at radius 3 is 2.56 bits per heavy atom. The Kier molecular flexibility index (Phi) is 5.08. The second-order valence-electron chi connectivity index (χ2n) is 7.03. The molecule has 0 spiro atoms. The number of hydrogen-bond donors (Lipinski definition) is 3. The van der Waals surface area contributed by atoms with E-state index in [0.29, 0.717) is 65.2 Å². The van der Waals surface area contributed by atoms with E-state index < -0.39 is 0 Å². The van der Waals surface area contributed by atoms with Crippen LogP contribution >= 0.6 is 0 Å². The molecule has 5 rings (SSSR count). The van der Waals surface area contributed by atoms with E-state index in [1.807, 2.05) is 25.1 Å². The molecule has 0 aliphatic carbocycles. The fraction of sp³-hybridized carbons (Fsp3) is 0.136. The zero-order valence-electron chi connectivity index (χ0n) is 17.2. The number of pyridine rings is 1. The number of nitrogens with two attached hydrogens (primary N) is 1. The highest BCUT2D eigenvalue weighted by Crippen LogP contribution is 2.39. The topological polar surface area (TPSA) is 133 Å². The number of anilines is 5. The van der Waals surface area contributed by atoms with Crippen molar-refractivity contribution in [2.24, 2.45) is 0 Å². The number of aryl methyl sites for hydroxylation is 1. The highest BCUT2D eigenvalue weighted by Gasteiger charge is 2.16. The Bertz CT molecular complexity index is 1280. The summed E-state index contributed by atoms with van der Waals surface area (Å²) in [4.78, 5) is 22.1. The smallest absolute Gasteiger partial charge is 0.229 e. The Labute approximate surface area is 183 Å². The van der Waals surface area contributed by atoms with Crippen molar-refractivity contribution in [2.75, 3.05) is 29.6 Å². The first kappa shape index (κ1) is 19.5. The van der Waals surface area contributed by atoms with Crippen molar-refractivity contribution in [3.8, 4) is 23.0 Å². The van der Waals surface area contributed by atoms with E-state index in [1.54, 1.807) is 36.7 Å². The minimum absolute atomic E-state index is 0.390. The summed E-state index contributed by atoms with van der Waals surface area (Å²) in [6.45, 7) is 2.88. The zero-order chi connectivity index (χ0) is 21.9. The van der Waals surface area contributed by atoms with Crippen LogP contribution in [0.25, 0.3) is 11.5 Å². The number of rotatable bonds is 5. The average Bonchev–Trinajstić information content (AvgIpc) is 2.80. The second kappa shape index (κ2) is 8.34. The lowest BCUT2D eigenvalue weighted by Crippen LogP contribution is -2.16. The standard InChI is InChI=1S/C22H20N8O2/c1-13-3-2-4-16(26-13)21-24-7-5-18(29-21)28-19-6-8-25-22(30-19)27-14-11-15(23)20-17(12-14)31-9-10-32-20/h2-8,11-12H,9-10,23H2,1H3,(H2,24,25,27,28,29,30). The molecule has 4 heterocycles. The highest BCUT2D eigenvalue weighted by molar-refractivity contribution is 5.71. The van der Waals surface area contributed by atoms with Crippen LogP contribution < -0.4 is 25.8 Å². The second-order valence-corrected chi connectivity index (χ2v) is 7.03. The molecule has 32 heavy (non-hydrogen) atoms. The van der Waals surface area contributed by atoms with Gasteiger partial charge in [-0.1, -0.05) is 6.07 Å². The number of aromatic nitrogens is 5. The van der Waals surface area contributed by atoms with Gasteiger partial charge in [0.2, 0.25) is 5.95 Å². The van der Waals surface area contributed by atoms with E-state index in [0.717, 1.165) is 5.69 Å². The van der Waals surface area contributed by atoms with Crippen molar-refractivity contribution in [2.45, 2.75) is 6.92 Å². The van der Waals surface area contributed by atoms with E-state index in [4.69, 9.17) is 15.2 Å². The number of nitrogens with zero attached hydrogens (tertiary/aromatic N) is 5. The van der Waals surface area contributed by atoms with Crippen LogP contribution in [0.4, 0.5) is 29.0 Å². The van der Waals surface area contributed by atoms with E-state index in [-0.39, 0.29) is 0 Å². The molecule has 0 atom stereocenters. The third-order valence-corrected chi connectivity index (χ3v) is 4.61. The van der Waals surface area contributed by atoms with Gasteiger partial charge in [0.05, 0.1) is 5.69 Å². The van der Waals surface area contributed by atoms with Crippen molar-refractivity contribution in [1.82, 2.24) is 24.9 Å². The molecule has 0 bridgehead atoms. The SMILES string of the molecule is Cc1cccc(-c2nccc(Nc3ccnc(Nc4cc(N)c5c(c4)OCCO5)n3)n2)n1. The van der Waals surface area contributed by atoms with Crippen LogP contribution in [-0.4, -0.2) is 38.1 Å². The van der Waals surface area contributed by atoms with Gasteiger partial charge in [-0.25, -0.2) is 19.9 Å². The molecule has 1 aliphatic rings. The third kappa shape index (κ3) is 4.19. The molecule has 4 N–H and O–H groups in total. The monoisotopic (exact) mass is 428 g/mol. The minimum atomic E-state index is 0.390. The van der Waals surface area contributed by atoms with Crippen molar-refractivity contribution >= 4 is 29.0 Å². The van der Waals surface area contributed by atoms with Gasteiger partial charge in [-0.2, -0.15) is 4.98 Å². The normalized spacial score (nSPS) is 12.3. The van der Waals surface area contributed by atoms with E-state index in [9.17, 15) is 0 Å². The maximum Gasteiger partial charge on any atom is 0.229 e. The van der Waals surface area contributed by atoms with Crippen molar-refractivity contribution in [3.63, 3.8) is 0 Å². The number of hydrogen-bond acceptors (Lipinski definition) is 10. The fourth-order valence-corrected chi connectivity index (χ4v) is 3.22. The maximum absolute atomic E-state index is 6.08. The largest absolute Gasteiger partial charge is 0.486 e. The molecule has 0 fully saturated rings. The first-order valence-corrected chi connectivity index (χ1v) is 9.97. The average molecular weight is 428 g/mol. The van der Waals surface area contributed by atoms with Crippen molar-refractivity contribution in [3.05, 3.63) is 60.6 Å². The third-order valence-electron chi connectivity index (χ3n) is 4.61. The number of nitrogens with one attached hydrogen (secondary N) is 2.